The minimum Gasteiger partial charge on any atom is -0.507 e. The van der Waals surface area contributed by atoms with Crippen LogP contribution < -0.4 is 10.1 Å². The first-order chi connectivity index (χ1) is 23.3. The summed E-state index contributed by atoms with van der Waals surface area (Å²) in [7, 11) is 1.32. The molecule has 1 amide bonds. The number of aliphatic hydroxyl groups is 2. The van der Waals surface area contributed by atoms with Gasteiger partial charge in [0, 0.05) is 52.1 Å². The maximum atomic E-state index is 13.9. The number of hydrogen-bond acceptors (Lipinski definition) is 12. The molecule has 6 unspecified atom stereocenters. The molecule has 3 aromatic rings. The van der Waals surface area contributed by atoms with Gasteiger partial charge in [0.1, 0.15) is 29.0 Å². The summed E-state index contributed by atoms with van der Waals surface area (Å²) < 4.78 is 17.4. The average molecular weight is 673 g/mol. The molecule has 0 aromatic heterocycles. The van der Waals surface area contributed by atoms with E-state index >= 15 is 0 Å². The Kier molecular flexibility index (Phi) is 8.65. The SMILES string of the molecule is COc1cccc2c1C(=O)c1c(O)c3c(c(O)c1C2=O)CC(O)(C(C)=O)CC3OC1CC(NC(=O)c2ccc(N=[N+]=[N-])cc2)C(O)C(C)O1. The van der Waals surface area contributed by atoms with Crippen molar-refractivity contribution in [2.45, 2.75) is 69.4 Å². The van der Waals surface area contributed by atoms with Gasteiger partial charge in [0.05, 0.1) is 42.0 Å². The Morgan fingerprint density at radius 2 is 1.76 bits per heavy atom. The highest BCUT2D eigenvalue weighted by Gasteiger charge is 2.49. The number of benzene rings is 3. The normalized spacial score (nSPS) is 25.7. The van der Waals surface area contributed by atoms with Gasteiger partial charge in [0.25, 0.3) is 5.91 Å². The molecule has 6 rings (SSSR count). The van der Waals surface area contributed by atoms with Gasteiger partial charge in [0.2, 0.25) is 5.78 Å². The lowest BCUT2D eigenvalue weighted by Gasteiger charge is -2.42. The van der Waals surface area contributed by atoms with Gasteiger partial charge in [-0.1, -0.05) is 29.4 Å². The number of aliphatic hydroxyl groups excluding tert-OH is 1. The molecule has 2 aliphatic carbocycles. The molecular weight excluding hydrogens is 640 g/mol. The molecule has 6 atom stereocenters. The maximum Gasteiger partial charge on any atom is 0.251 e. The first-order valence-electron chi connectivity index (χ1n) is 15.3. The number of nitrogens with zero attached hydrogens (tertiary/aromatic N) is 3. The molecule has 15 nitrogen and oxygen atoms in total. The van der Waals surface area contributed by atoms with Crippen LogP contribution in [0.15, 0.2) is 47.6 Å². The number of ketones is 3. The second-order valence-electron chi connectivity index (χ2n) is 12.3. The molecule has 49 heavy (non-hydrogen) atoms. The molecule has 0 spiro atoms. The van der Waals surface area contributed by atoms with Crippen LogP contribution in [0.5, 0.6) is 17.2 Å². The van der Waals surface area contributed by atoms with Crippen LogP contribution in [0.3, 0.4) is 0 Å². The first-order valence-corrected chi connectivity index (χ1v) is 15.3. The van der Waals surface area contributed by atoms with Crippen LogP contribution in [0.4, 0.5) is 5.69 Å². The van der Waals surface area contributed by atoms with Gasteiger partial charge in [-0.05, 0) is 37.6 Å². The van der Waals surface area contributed by atoms with Crippen molar-refractivity contribution in [1.82, 2.24) is 5.32 Å². The number of carbonyl (C=O) groups excluding carboxylic acids is 4. The summed E-state index contributed by atoms with van der Waals surface area (Å²) in [5.41, 5.74) is 5.64. The Morgan fingerprint density at radius 3 is 2.41 bits per heavy atom. The monoisotopic (exact) mass is 672 g/mol. The van der Waals surface area contributed by atoms with Gasteiger partial charge in [0.15, 0.2) is 17.9 Å². The highest BCUT2D eigenvalue weighted by Crippen LogP contribution is 2.52. The van der Waals surface area contributed by atoms with Gasteiger partial charge in [-0.3, -0.25) is 19.2 Å². The highest BCUT2D eigenvalue weighted by atomic mass is 16.7. The van der Waals surface area contributed by atoms with Crippen molar-refractivity contribution in [3.8, 4) is 17.2 Å². The van der Waals surface area contributed by atoms with E-state index in [-0.39, 0.29) is 40.0 Å². The van der Waals surface area contributed by atoms with E-state index < -0.39 is 95.0 Å². The molecule has 254 valence electrons. The Labute approximate surface area is 278 Å². The smallest absolute Gasteiger partial charge is 0.251 e. The predicted molar refractivity (Wildman–Crippen MR) is 169 cm³/mol. The number of aromatic hydroxyl groups is 2. The molecule has 1 heterocycles. The number of rotatable bonds is 7. The van der Waals surface area contributed by atoms with Crippen LogP contribution in [-0.4, -0.2) is 80.9 Å². The van der Waals surface area contributed by atoms with Crippen LogP contribution in [0.25, 0.3) is 10.4 Å². The lowest BCUT2D eigenvalue weighted by atomic mass is 9.72. The molecule has 1 aliphatic heterocycles. The molecule has 0 saturated carbocycles. The quantitative estimate of drug-likeness (QED) is 0.0825. The van der Waals surface area contributed by atoms with Gasteiger partial charge >= 0.3 is 0 Å². The number of phenols is 2. The topological polar surface area (TPSA) is 238 Å². The molecule has 3 aromatic carbocycles. The average Bonchev–Trinajstić information content (AvgIpc) is 3.07. The summed E-state index contributed by atoms with van der Waals surface area (Å²) in [5, 5.41) is 51.8. The highest BCUT2D eigenvalue weighted by molar-refractivity contribution is 6.31. The van der Waals surface area contributed by atoms with E-state index in [1.807, 2.05) is 0 Å². The Bertz CT molecular complexity index is 1960. The van der Waals surface area contributed by atoms with Gasteiger partial charge in [-0.15, -0.1) is 0 Å². The summed E-state index contributed by atoms with van der Waals surface area (Å²) in [6, 6.07) is 9.25. The minimum atomic E-state index is -2.10. The molecular formula is C34H32N4O11. The van der Waals surface area contributed by atoms with Crippen molar-refractivity contribution in [1.29, 1.82) is 0 Å². The van der Waals surface area contributed by atoms with E-state index in [9.17, 15) is 39.6 Å². The molecule has 5 N–H and O–H groups in total. The van der Waals surface area contributed by atoms with E-state index in [0.29, 0.717) is 5.69 Å². The molecule has 0 bridgehead atoms. The van der Waals surface area contributed by atoms with Gasteiger partial charge in [-0.25, -0.2) is 0 Å². The van der Waals surface area contributed by atoms with Crippen molar-refractivity contribution in [2.75, 3.05) is 7.11 Å². The number of ether oxygens (including phenoxy) is 3. The third-order valence-electron chi connectivity index (χ3n) is 9.36. The number of nitrogens with one attached hydrogen (secondary N) is 1. The largest absolute Gasteiger partial charge is 0.507 e. The number of methoxy groups -OCH3 is 1. The Morgan fingerprint density at radius 1 is 1.06 bits per heavy atom. The van der Waals surface area contributed by atoms with Crippen molar-refractivity contribution in [3.63, 3.8) is 0 Å². The zero-order valence-electron chi connectivity index (χ0n) is 26.5. The zero-order valence-corrected chi connectivity index (χ0v) is 26.5. The number of carbonyl (C=O) groups is 4. The summed E-state index contributed by atoms with van der Waals surface area (Å²) in [4.78, 5) is 56.0. The van der Waals surface area contributed by atoms with E-state index in [0.717, 1.165) is 6.92 Å². The standard InChI is InChI=1S/C34H32N4O11/c1-14-28(40)20(36-33(45)16-7-9-17(10-8-16)37-38-35)11-23(48-14)49-22-13-34(46,15(2)39)12-19-25(22)32(44)27-26(30(19)42)29(41)18-5-4-6-21(47-3)24(18)31(27)43/h4-10,14,20,22-23,28,40,42,44,46H,11-13H2,1-3H3,(H,36,45). The maximum absolute atomic E-state index is 13.9. The fourth-order valence-corrected chi connectivity index (χ4v) is 6.75. The predicted octanol–water partition coefficient (Wildman–Crippen LogP) is 3.44. The number of phenolic OH excluding ortho intramolecular Hbond substituents is 2. The fourth-order valence-electron chi connectivity index (χ4n) is 6.75. The Hall–Kier alpha value is -5.31. The van der Waals surface area contributed by atoms with Gasteiger partial charge in [-0.2, -0.15) is 0 Å². The number of Topliss-reactive ketones (excluding diaryl/α,β-unsaturated/α-hetero) is 1. The summed E-state index contributed by atoms with van der Waals surface area (Å²) in [5.74, 6) is -4.06. The van der Waals surface area contributed by atoms with Crippen molar-refractivity contribution in [3.05, 3.63) is 91.9 Å². The number of azide groups is 1. The van der Waals surface area contributed by atoms with Crippen molar-refractivity contribution in [2.24, 2.45) is 5.11 Å². The molecule has 1 saturated heterocycles. The van der Waals surface area contributed by atoms with E-state index in [1.54, 1.807) is 6.92 Å². The van der Waals surface area contributed by atoms with Crippen molar-refractivity contribution >= 4 is 28.9 Å². The van der Waals surface area contributed by atoms with Crippen LogP contribution in [0, 0.1) is 0 Å². The summed E-state index contributed by atoms with van der Waals surface area (Å²) in [6.45, 7) is 2.69. The third kappa shape index (κ3) is 5.67. The Balaban J connectivity index is 1.36. The minimum absolute atomic E-state index is 0.0557. The second-order valence-corrected chi connectivity index (χ2v) is 12.3. The number of hydrogen-bond donors (Lipinski definition) is 5. The lowest BCUT2D eigenvalue weighted by Crippen LogP contribution is -2.55. The van der Waals surface area contributed by atoms with Gasteiger partial charge < -0.3 is 40.0 Å². The van der Waals surface area contributed by atoms with Crippen LogP contribution in [-0.2, 0) is 20.7 Å². The molecule has 0 radical (unpaired) electrons. The summed E-state index contributed by atoms with van der Waals surface area (Å²) >= 11 is 0. The third-order valence-corrected chi connectivity index (χ3v) is 9.36. The molecule has 1 fully saturated rings. The van der Waals surface area contributed by atoms with E-state index in [2.05, 4.69) is 15.3 Å². The van der Waals surface area contributed by atoms with Crippen LogP contribution >= 0.6 is 0 Å². The lowest BCUT2D eigenvalue weighted by molar-refractivity contribution is -0.248. The molecule has 15 heteroatoms. The first kappa shape index (κ1) is 33.6. The van der Waals surface area contributed by atoms with E-state index in [1.165, 1.54) is 49.6 Å². The van der Waals surface area contributed by atoms with Crippen molar-refractivity contribution < 1.29 is 53.8 Å². The fraction of sp³-hybridized carbons (Fsp3) is 0.353. The van der Waals surface area contributed by atoms with Crippen LogP contribution in [0.2, 0.25) is 0 Å². The number of fused-ring (bicyclic) bond motifs is 3. The second kappa shape index (κ2) is 12.6. The van der Waals surface area contributed by atoms with Crippen LogP contribution in [0.1, 0.15) is 86.1 Å². The summed E-state index contributed by atoms with van der Waals surface area (Å²) in [6.07, 6.45) is -5.67. The number of amides is 1. The zero-order chi connectivity index (χ0) is 35.4. The van der Waals surface area contributed by atoms with E-state index in [4.69, 9.17) is 19.7 Å². The molecule has 3 aliphatic rings.